The Morgan fingerprint density at radius 2 is 2.27 bits per heavy atom. The van der Waals surface area contributed by atoms with Gasteiger partial charge >= 0.3 is 0 Å². The highest BCUT2D eigenvalue weighted by atomic mass is 16.1. The molecule has 64 valence electrons. The van der Waals surface area contributed by atoms with E-state index in [-0.39, 0.29) is 17.2 Å². The summed E-state index contributed by atoms with van der Waals surface area (Å²) >= 11 is 0. The minimum atomic E-state index is -0.179. The summed E-state index contributed by atoms with van der Waals surface area (Å²) in [6, 6.07) is 0. The molecule has 1 fully saturated rings. The van der Waals surface area contributed by atoms with E-state index < -0.39 is 0 Å². The van der Waals surface area contributed by atoms with E-state index in [0.717, 1.165) is 19.5 Å². The topological polar surface area (TPSA) is 55.1 Å². The van der Waals surface area contributed by atoms with Crippen LogP contribution in [0.4, 0.5) is 0 Å². The summed E-state index contributed by atoms with van der Waals surface area (Å²) < 4.78 is 0. The number of amides is 1. The van der Waals surface area contributed by atoms with Crippen LogP contribution in [-0.4, -0.2) is 19.0 Å². The molecule has 3 N–H and O–H groups in total. The van der Waals surface area contributed by atoms with Crippen molar-refractivity contribution in [3.8, 4) is 0 Å². The van der Waals surface area contributed by atoms with E-state index in [1.165, 1.54) is 0 Å². The second kappa shape index (κ2) is 2.81. The van der Waals surface area contributed by atoms with E-state index in [2.05, 4.69) is 19.2 Å². The summed E-state index contributed by atoms with van der Waals surface area (Å²) in [5.41, 5.74) is 5.34. The highest BCUT2D eigenvalue weighted by molar-refractivity contribution is 5.77. The van der Waals surface area contributed by atoms with Gasteiger partial charge in [-0.15, -0.1) is 0 Å². The third-order valence-corrected chi connectivity index (χ3v) is 2.58. The van der Waals surface area contributed by atoms with Gasteiger partial charge in [0.1, 0.15) is 0 Å². The molecule has 3 nitrogen and oxygen atoms in total. The third-order valence-electron chi connectivity index (χ3n) is 2.58. The van der Waals surface area contributed by atoms with Gasteiger partial charge in [-0.1, -0.05) is 13.8 Å². The number of primary amides is 1. The predicted octanol–water partition coefficient (Wildman–Crippen LogP) is 0.107. The summed E-state index contributed by atoms with van der Waals surface area (Å²) in [6.07, 6.45) is 1.03. The van der Waals surface area contributed by atoms with Gasteiger partial charge in [-0.2, -0.15) is 0 Å². The van der Waals surface area contributed by atoms with Gasteiger partial charge in [0, 0.05) is 6.54 Å². The van der Waals surface area contributed by atoms with Crippen molar-refractivity contribution >= 4 is 5.91 Å². The first-order valence-corrected chi connectivity index (χ1v) is 4.04. The number of carbonyl (C=O) groups is 1. The van der Waals surface area contributed by atoms with Gasteiger partial charge in [-0.25, -0.2) is 0 Å². The number of rotatable bonds is 1. The number of hydrogen-bond acceptors (Lipinski definition) is 2. The summed E-state index contributed by atoms with van der Waals surface area (Å²) in [7, 11) is 0. The Bertz CT molecular complexity index is 165. The first kappa shape index (κ1) is 8.53. The van der Waals surface area contributed by atoms with Crippen molar-refractivity contribution in [2.45, 2.75) is 20.3 Å². The molecule has 1 amide bonds. The predicted molar refractivity (Wildman–Crippen MR) is 44.0 cm³/mol. The number of nitrogens with two attached hydrogens (primary N) is 1. The van der Waals surface area contributed by atoms with Crippen molar-refractivity contribution in [3.05, 3.63) is 0 Å². The van der Waals surface area contributed by atoms with E-state index in [0.29, 0.717) is 0 Å². The molecule has 1 atom stereocenters. The van der Waals surface area contributed by atoms with Crippen LogP contribution in [0.1, 0.15) is 20.3 Å². The summed E-state index contributed by atoms with van der Waals surface area (Å²) in [5.74, 6) is -0.182. The zero-order valence-electron chi connectivity index (χ0n) is 7.18. The van der Waals surface area contributed by atoms with Crippen LogP contribution in [0.3, 0.4) is 0 Å². The van der Waals surface area contributed by atoms with Gasteiger partial charge in [-0.3, -0.25) is 4.79 Å². The second-order valence-corrected chi connectivity index (χ2v) is 3.90. The van der Waals surface area contributed by atoms with Crippen LogP contribution < -0.4 is 11.1 Å². The quantitative estimate of drug-likeness (QED) is 0.566. The lowest BCUT2D eigenvalue weighted by molar-refractivity contribution is -0.126. The van der Waals surface area contributed by atoms with Crippen molar-refractivity contribution in [2.75, 3.05) is 13.1 Å². The molecular formula is C8H16N2O. The average Bonchev–Trinajstić information content (AvgIpc) is 1.85. The largest absolute Gasteiger partial charge is 0.369 e. The third kappa shape index (κ3) is 1.71. The lowest BCUT2D eigenvalue weighted by atomic mass is 9.73. The van der Waals surface area contributed by atoms with Crippen LogP contribution in [0.25, 0.3) is 0 Å². The fourth-order valence-electron chi connectivity index (χ4n) is 1.59. The van der Waals surface area contributed by atoms with Crippen molar-refractivity contribution in [2.24, 2.45) is 17.1 Å². The molecule has 0 saturated carbocycles. The Balaban J connectivity index is 2.67. The molecule has 0 aromatic heterocycles. The Morgan fingerprint density at radius 3 is 2.64 bits per heavy atom. The number of piperidine rings is 1. The van der Waals surface area contributed by atoms with Gasteiger partial charge in [0.2, 0.25) is 5.91 Å². The minimum Gasteiger partial charge on any atom is -0.369 e. The van der Waals surface area contributed by atoms with Gasteiger partial charge in [0.15, 0.2) is 0 Å². The zero-order valence-corrected chi connectivity index (χ0v) is 7.18. The van der Waals surface area contributed by atoms with E-state index in [1.54, 1.807) is 0 Å². The molecule has 0 aliphatic carbocycles. The molecule has 0 spiro atoms. The molecule has 1 saturated heterocycles. The van der Waals surface area contributed by atoms with E-state index in [1.807, 2.05) is 0 Å². The molecule has 1 unspecified atom stereocenters. The van der Waals surface area contributed by atoms with E-state index >= 15 is 0 Å². The number of carbonyl (C=O) groups excluding carboxylic acids is 1. The van der Waals surface area contributed by atoms with Gasteiger partial charge < -0.3 is 11.1 Å². The van der Waals surface area contributed by atoms with Crippen LogP contribution >= 0.6 is 0 Å². The fraction of sp³-hybridized carbons (Fsp3) is 0.875. The summed E-state index contributed by atoms with van der Waals surface area (Å²) in [4.78, 5) is 11.0. The Kier molecular flexibility index (Phi) is 2.18. The van der Waals surface area contributed by atoms with Crippen LogP contribution in [0.5, 0.6) is 0 Å². The number of nitrogens with one attached hydrogen (secondary N) is 1. The Hall–Kier alpha value is -0.570. The maximum absolute atomic E-state index is 11.0. The fourth-order valence-corrected chi connectivity index (χ4v) is 1.59. The Morgan fingerprint density at radius 1 is 1.64 bits per heavy atom. The molecule has 3 heteroatoms. The van der Waals surface area contributed by atoms with Crippen molar-refractivity contribution in [1.82, 2.24) is 5.32 Å². The second-order valence-electron chi connectivity index (χ2n) is 3.90. The van der Waals surface area contributed by atoms with Gasteiger partial charge in [0.25, 0.3) is 0 Å². The Labute approximate surface area is 67.3 Å². The highest BCUT2D eigenvalue weighted by Gasteiger charge is 2.35. The lowest BCUT2D eigenvalue weighted by Crippen LogP contribution is -2.48. The van der Waals surface area contributed by atoms with E-state index in [4.69, 9.17) is 5.73 Å². The molecule has 0 aromatic carbocycles. The lowest BCUT2D eigenvalue weighted by Gasteiger charge is -2.36. The molecule has 0 radical (unpaired) electrons. The van der Waals surface area contributed by atoms with Gasteiger partial charge in [-0.05, 0) is 18.4 Å². The highest BCUT2D eigenvalue weighted by Crippen LogP contribution is 2.32. The molecule has 1 heterocycles. The molecule has 11 heavy (non-hydrogen) atoms. The van der Waals surface area contributed by atoms with Crippen LogP contribution in [0, 0.1) is 11.3 Å². The zero-order chi connectivity index (χ0) is 8.48. The average molecular weight is 156 g/mol. The maximum Gasteiger partial charge on any atom is 0.222 e. The van der Waals surface area contributed by atoms with Crippen LogP contribution in [0.15, 0.2) is 0 Å². The van der Waals surface area contributed by atoms with Crippen molar-refractivity contribution in [1.29, 1.82) is 0 Å². The molecule has 1 rings (SSSR count). The molecule has 0 bridgehead atoms. The minimum absolute atomic E-state index is 0.00347. The molecular weight excluding hydrogens is 140 g/mol. The first-order chi connectivity index (χ1) is 5.04. The monoisotopic (exact) mass is 156 g/mol. The van der Waals surface area contributed by atoms with Crippen molar-refractivity contribution in [3.63, 3.8) is 0 Å². The molecule has 0 aromatic rings. The maximum atomic E-state index is 11.0. The standard InChI is InChI=1S/C8H16N2O/c1-8(2)3-4-10-5-6(8)7(9)11/h6,10H,3-5H2,1-2H3,(H2,9,11). The van der Waals surface area contributed by atoms with Crippen molar-refractivity contribution < 1.29 is 4.79 Å². The van der Waals surface area contributed by atoms with E-state index in [9.17, 15) is 4.79 Å². The first-order valence-electron chi connectivity index (χ1n) is 4.04. The summed E-state index contributed by atoms with van der Waals surface area (Å²) in [5, 5.41) is 3.17. The van der Waals surface area contributed by atoms with Gasteiger partial charge in [0.05, 0.1) is 5.92 Å². The number of hydrogen-bond donors (Lipinski definition) is 2. The summed E-state index contributed by atoms with van der Waals surface area (Å²) in [6.45, 7) is 5.94. The molecule has 1 aliphatic heterocycles. The van der Waals surface area contributed by atoms with Crippen LogP contribution in [-0.2, 0) is 4.79 Å². The molecule has 1 aliphatic rings. The smallest absolute Gasteiger partial charge is 0.222 e. The normalized spacial score (nSPS) is 29.8. The SMILES string of the molecule is CC1(C)CCNCC1C(N)=O. The van der Waals surface area contributed by atoms with Crippen LogP contribution in [0.2, 0.25) is 0 Å².